The predicted octanol–water partition coefficient (Wildman–Crippen LogP) is 1.93. The molecule has 0 saturated carbocycles. The Bertz CT molecular complexity index is 416. The van der Waals surface area contributed by atoms with Gasteiger partial charge in [-0.15, -0.1) is 0 Å². The lowest BCUT2D eigenvalue weighted by molar-refractivity contribution is -0.115. The number of amides is 1. The molecule has 0 spiro atoms. The first-order chi connectivity index (χ1) is 8.93. The van der Waals surface area contributed by atoms with Gasteiger partial charge in [-0.1, -0.05) is 26.0 Å². The standard InChI is InChI=1S/C15H24N2O2/c1-12-5-4-6-13(9-12)17-14(19)10-16-11-15(2,3)7-8-18/h4-6,9,16,18H,7-8,10-11H2,1-3H3,(H,17,19). The Kier molecular flexibility index (Phi) is 5.99. The molecule has 1 aromatic carbocycles. The lowest BCUT2D eigenvalue weighted by Crippen LogP contribution is -2.35. The quantitative estimate of drug-likeness (QED) is 0.705. The lowest BCUT2D eigenvalue weighted by Gasteiger charge is -2.23. The van der Waals surface area contributed by atoms with Gasteiger partial charge in [0.25, 0.3) is 0 Å². The van der Waals surface area contributed by atoms with Crippen LogP contribution in [0.5, 0.6) is 0 Å². The van der Waals surface area contributed by atoms with Crippen molar-refractivity contribution in [3.05, 3.63) is 29.8 Å². The summed E-state index contributed by atoms with van der Waals surface area (Å²) in [5, 5.41) is 14.9. The fourth-order valence-electron chi connectivity index (χ4n) is 1.83. The van der Waals surface area contributed by atoms with Crippen LogP contribution < -0.4 is 10.6 Å². The molecule has 0 aliphatic heterocycles. The van der Waals surface area contributed by atoms with Gasteiger partial charge in [-0.2, -0.15) is 0 Å². The molecule has 0 radical (unpaired) electrons. The van der Waals surface area contributed by atoms with Gasteiger partial charge in [0.05, 0.1) is 6.54 Å². The van der Waals surface area contributed by atoms with Crippen LogP contribution in [0.3, 0.4) is 0 Å². The summed E-state index contributed by atoms with van der Waals surface area (Å²) >= 11 is 0. The Morgan fingerprint density at radius 3 is 2.74 bits per heavy atom. The number of aliphatic hydroxyl groups is 1. The Hall–Kier alpha value is -1.39. The summed E-state index contributed by atoms with van der Waals surface area (Å²) < 4.78 is 0. The fourth-order valence-corrected chi connectivity index (χ4v) is 1.83. The zero-order valence-corrected chi connectivity index (χ0v) is 12.0. The molecule has 4 heteroatoms. The van der Waals surface area contributed by atoms with Gasteiger partial charge in [0.2, 0.25) is 5.91 Å². The summed E-state index contributed by atoms with van der Waals surface area (Å²) in [5.74, 6) is -0.0506. The second-order valence-corrected chi connectivity index (χ2v) is 5.66. The van der Waals surface area contributed by atoms with E-state index in [9.17, 15) is 4.79 Å². The van der Waals surface area contributed by atoms with Crippen LogP contribution in [0.4, 0.5) is 5.69 Å². The van der Waals surface area contributed by atoms with Crippen LogP contribution in [0.15, 0.2) is 24.3 Å². The van der Waals surface area contributed by atoms with Crippen LogP contribution in [0.25, 0.3) is 0 Å². The molecule has 0 heterocycles. The van der Waals surface area contributed by atoms with E-state index in [-0.39, 0.29) is 24.5 Å². The van der Waals surface area contributed by atoms with Crippen LogP contribution in [0, 0.1) is 12.3 Å². The molecule has 0 aromatic heterocycles. The molecule has 0 atom stereocenters. The number of aryl methyl sites for hydroxylation is 1. The number of carbonyl (C=O) groups excluding carboxylic acids is 1. The second-order valence-electron chi connectivity index (χ2n) is 5.66. The van der Waals surface area contributed by atoms with Crippen LogP contribution >= 0.6 is 0 Å². The van der Waals surface area contributed by atoms with Gasteiger partial charge in [0, 0.05) is 18.8 Å². The highest BCUT2D eigenvalue weighted by Gasteiger charge is 2.16. The minimum atomic E-state index is -0.0506. The van der Waals surface area contributed by atoms with Crippen molar-refractivity contribution in [2.75, 3.05) is 25.0 Å². The highest BCUT2D eigenvalue weighted by molar-refractivity contribution is 5.92. The van der Waals surface area contributed by atoms with Crippen LogP contribution in [0.2, 0.25) is 0 Å². The second kappa shape index (κ2) is 7.26. The third kappa shape index (κ3) is 6.36. The molecule has 106 valence electrons. The topological polar surface area (TPSA) is 61.4 Å². The normalized spacial score (nSPS) is 11.4. The Morgan fingerprint density at radius 1 is 1.37 bits per heavy atom. The zero-order chi connectivity index (χ0) is 14.3. The smallest absolute Gasteiger partial charge is 0.238 e. The van der Waals surface area contributed by atoms with Gasteiger partial charge in [0.15, 0.2) is 0 Å². The molecule has 1 aromatic rings. The van der Waals surface area contributed by atoms with Crippen molar-refractivity contribution in [3.63, 3.8) is 0 Å². The van der Waals surface area contributed by atoms with Crippen LogP contribution in [0.1, 0.15) is 25.8 Å². The number of benzene rings is 1. The molecule has 4 nitrogen and oxygen atoms in total. The van der Waals surface area contributed by atoms with E-state index in [2.05, 4.69) is 24.5 Å². The first kappa shape index (κ1) is 15.7. The Labute approximate surface area is 115 Å². The van der Waals surface area contributed by atoms with Gasteiger partial charge in [-0.3, -0.25) is 4.79 Å². The van der Waals surface area contributed by atoms with E-state index >= 15 is 0 Å². The molecule has 0 saturated heterocycles. The van der Waals surface area contributed by atoms with Crippen LogP contribution in [-0.2, 0) is 4.79 Å². The molecule has 0 aliphatic rings. The van der Waals surface area contributed by atoms with E-state index in [0.717, 1.165) is 17.7 Å². The van der Waals surface area contributed by atoms with E-state index in [0.29, 0.717) is 6.54 Å². The average Bonchev–Trinajstić information content (AvgIpc) is 2.28. The summed E-state index contributed by atoms with van der Waals surface area (Å²) in [5.41, 5.74) is 1.94. The summed E-state index contributed by atoms with van der Waals surface area (Å²) in [4.78, 5) is 11.7. The molecule has 3 N–H and O–H groups in total. The molecular formula is C15H24N2O2. The van der Waals surface area contributed by atoms with E-state index in [1.54, 1.807) is 0 Å². The van der Waals surface area contributed by atoms with Gasteiger partial charge >= 0.3 is 0 Å². The lowest BCUT2D eigenvalue weighted by atomic mass is 9.90. The SMILES string of the molecule is Cc1cccc(NC(=O)CNCC(C)(C)CCO)c1. The number of nitrogens with one attached hydrogen (secondary N) is 2. The number of anilines is 1. The van der Waals surface area contributed by atoms with Crippen molar-refractivity contribution in [1.82, 2.24) is 5.32 Å². The van der Waals surface area contributed by atoms with Crippen molar-refractivity contribution < 1.29 is 9.90 Å². The van der Waals surface area contributed by atoms with Crippen molar-refractivity contribution in [1.29, 1.82) is 0 Å². The van der Waals surface area contributed by atoms with Crippen molar-refractivity contribution in [3.8, 4) is 0 Å². The number of aliphatic hydroxyl groups excluding tert-OH is 1. The Balaban J connectivity index is 2.32. The first-order valence-corrected chi connectivity index (χ1v) is 6.61. The molecule has 19 heavy (non-hydrogen) atoms. The third-order valence-electron chi connectivity index (χ3n) is 2.98. The number of rotatable bonds is 7. The molecule has 0 aliphatic carbocycles. The van der Waals surface area contributed by atoms with E-state index < -0.39 is 0 Å². The number of hydrogen-bond donors (Lipinski definition) is 3. The van der Waals surface area contributed by atoms with E-state index in [4.69, 9.17) is 5.11 Å². The monoisotopic (exact) mass is 264 g/mol. The largest absolute Gasteiger partial charge is 0.396 e. The number of carbonyl (C=O) groups is 1. The zero-order valence-electron chi connectivity index (χ0n) is 12.0. The van der Waals surface area contributed by atoms with Gasteiger partial charge in [-0.25, -0.2) is 0 Å². The molecule has 1 amide bonds. The highest BCUT2D eigenvalue weighted by atomic mass is 16.3. The maximum absolute atomic E-state index is 11.7. The maximum atomic E-state index is 11.7. The molecule has 0 fully saturated rings. The average molecular weight is 264 g/mol. The summed E-state index contributed by atoms with van der Waals surface area (Å²) in [7, 11) is 0. The van der Waals surface area contributed by atoms with E-state index in [1.165, 1.54) is 0 Å². The minimum Gasteiger partial charge on any atom is -0.396 e. The van der Waals surface area contributed by atoms with Crippen molar-refractivity contribution in [2.45, 2.75) is 27.2 Å². The maximum Gasteiger partial charge on any atom is 0.238 e. The summed E-state index contributed by atoms with van der Waals surface area (Å²) in [6, 6.07) is 7.72. The number of hydrogen-bond acceptors (Lipinski definition) is 3. The minimum absolute atomic E-state index is 0.00162. The molecule has 0 unspecified atom stereocenters. The Morgan fingerprint density at radius 2 is 2.11 bits per heavy atom. The molecule has 1 rings (SSSR count). The van der Waals surface area contributed by atoms with Crippen LogP contribution in [-0.4, -0.2) is 30.7 Å². The van der Waals surface area contributed by atoms with Gasteiger partial charge < -0.3 is 15.7 Å². The molecular weight excluding hydrogens is 240 g/mol. The summed E-state index contributed by atoms with van der Waals surface area (Å²) in [6.45, 7) is 7.27. The first-order valence-electron chi connectivity index (χ1n) is 6.61. The highest BCUT2D eigenvalue weighted by Crippen LogP contribution is 2.17. The van der Waals surface area contributed by atoms with E-state index in [1.807, 2.05) is 31.2 Å². The van der Waals surface area contributed by atoms with Crippen molar-refractivity contribution in [2.24, 2.45) is 5.41 Å². The van der Waals surface area contributed by atoms with Gasteiger partial charge in [-0.05, 0) is 36.5 Å². The molecule has 0 bridgehead atoms. The summed E-state index contributed by atoms with van der Waals surface area (Å²) in [6.07, 6.45) is 0.722. The fraction of sp³-hybridized carbons (Fsp3) is 0.533. The van der Waals surface area contributed by atoms with Crippen molar-refractivity contribution >= 4 is 11.6 Å². The van der Waals surface area contributed by atoms with Gasteiger partial charge in [0.1, 0.15) is 0 Å². The predicted molar refractivity (Wildman–Crippen MR) is 78.2 cm³/mol. The third-order valence-corrected chi connectivity index (χ3v) is 2.98.